The molecule has 0 saturated heterocycles. The largest absolute Gasteiger partial charge is 0.429 e. The summed E-state index contributed by atoms with van der Waals surface area (Å²) >= 11 is 0. The fourth-order valence-corrected chi connectivity index (χ4v) is 1.50. The first-order valence-electron chi connectivity index (χ1n) is 5.22. The number of aryl methyl sites for hydroxylation is 1. The number of anilines is 1. The molecule has 6 heteroatoms. The molecule has 2 rings (SSSR count). The van der Waals surface area contributed by atoms with Gasteiger partial charge in [-0.1, -0.05) is 12.1 Å². The van der Waals surface area contributed by atoms with Crippen LogP contribution in [-0.2, 0) is 0 Å². The van der Waals surface area contributed by atoms with E-state index in [1.54, 1.807) is 31.2 Å². The first-order valence-corrected chi connectivity index (χ1v) is 5.22. The number of hydrogen-bond acceptors (Lipinski definition) is 5. The predicted octanol–water partition coefficient (Wildman–Crippen LogP) is 2.67. The third-order valence-corrected chi connectivity index (χ3v) is 2.39. The van der Waals surface area contributed by atoms with E-state index in [1.807, 2.05) is 0 Å². The minimum absolute atomic E-state index is 0.111. The lowest BCUT2D eigenvalue weighted by Gasteiger charge is -2.09. The summed E-state index contributed by atoms with van der Waals surface area (Å²) in [5.74, 6) is 0.322. The molecule has 0 amide bonds. The van der Waals surface area contributed by atoms with Crippen molar-refractivity contribution < 1.29 is 9.66 Å². The topological polar surface area (TPSA) is 91.3 Å². The highest BCUT2D eigenvalue weighted by molar-refractivity contribution is 5.56. The minimum atomic E-state index is -0.499. The Hall–Kier alpha value is -2.63. The molecule has 0 aliphatic carbocycles. The van der Waals surface area contributed by atoms with Crippen LogP contribution in [0.5, 0.6) is 11.6 Å². The Kier molecular flexibility index (Phi) is 3.09. The fraction of sp³-hybridized carbons (Fsp3) is 0.0833. The molecule has 2 N–H and O–H groups in total. The Morgan fingerprint density at radius 1 is 1.33 bits per heavy atom. The molecule has 92 valence electrons. The van der Waals surface area contributed by atoms with Gasteiger partial charge in [-0.15, -0.1) is 0 Å². The van der Waals surface area contributed by atoms with E-state index in [2.05, 4.69) is 4.98 Å². The van der Waals surface area contributed by atoms with Crippen molar-refractivity contribution in [2.24, 2.45) is 0 Å². The van der Waals surface area contributed by atoms with E-state index in [-0.39, 0.29) is 17.3 Å². The molecule has 0 aliphatic rings. The standard InChI is InChI=1S/C12H11N3O3/c1-8-4-2-6-10(15(16)17)11(8)18-12-9(13)5-3-7-14-12/h2-7H,13H2,1H3. The summed E-state index contributed by atoms with van der Waals surface area (Å²) in [5, 5.41) is 10.9. The molecule has 0 atom stereocenters. The van der Waals surface area contributed by atoms with Gasteiger partial charge in [0.15, 0.2) is 0 Å². The Labute approximate surface area is 103 Å². The van der Waals surface area contributed by atoms with Gasteiger partial charge < -0.3 is 10.5 Å². The number of aromatic nitrogens is 1. The fourth-order valence-electron chi connectivity index (χ4n) is 1.50. The average Bonchev–Trinajstić information content (AvgIpc) is 2.34. The average molecular weight is 245 g/mol. The Morgan fingerprint density at radius 2 is 2.11 bits per heavy atom. The quantitative estimate of drug-likeness (QED) is 0.663. The molecule has 2 aromatic rings. The van der Waals surface area contributed by atoms with Crippen LogP contribution in [0.1, 0.15) is 5.56 Å². The number of nitro groups is 1. The maximum absolute atomic E-state index is 10.9. The van der Waals surface area contributed by atoms with Crippen LogP contribution in [0, 0.1) is 17.0 Å². The van der Waals surface area contributed by atoms with E-state index in [1.165, 1.54) is 12.3 Å². The number of rotatable bonds is 3. The normalized spacial score (nSPS) is 10.1. The predicted molar refractivity (Wildman–Crippen MR) is 66.6 cm³/mol. The smallest absolute Gasteiger partial charge is 0.311 e. The zero-order valence-corrected chi connectivity index (χ0v) is 9.66. The lowest BCUT2D eigenvalue weighted by Crippen LogP contribution is -1.99. The van der Waals surface area contributed by atoms with Crippen LogP contribution >= 0.6 is 0 Å². The van der Waals surface area contributed by atoms with E-state index in [0.29, 0.717) is 11.3 Å². The van der Waals surface area contributed by atoms with Crippen molar-refractivity contribution in [2.45, 2.75) is 6.92 Å². The number of nitro benzene ring substituents is 1. The molecule has 0 aliphatic heterocycles. The number of nitrogens with zero attached hydrogens (tertiary/aromatic N) is 2. The van der Waals surface area contributed by atoms with Crippen molar-refractivity contribution in [3.05, 3.63) is 52.2 Å². The molecule has 1 heterocycles. The van der Waals surface area contributed by atoms with E-state index < -0.39 is 4.92 Å². The van der Waals surface area contributed by atoms with E-state index in [4.69, 9.17) is 10.5 Å². The van der Waals surface area contributed by atoms with Crippen LogP contribution < -0.4 is 10.5 Å². The summed E-state index contributed by atoms with van der Waals surface area (Å²) < 4.78 is 5.45. The highest BCUT2D eigenvalue weighted by atomic mass is 16.6. The van der Waals surface area contributed by atoms with Gasteiger partial charge >= 0.3 is 5.69 Å². The third kappa shape index (κ3) is 2.22. The molecule has 0 saturated carbocycles. The molecular weight excluding hydrogens is 234 g/mol. The van der Waals surface area contributed by atoms with Crippen LogP contribution in [0.4, 0.5) is 11.4 Å². The third-order valence-electron chi connectivity index (χ3n) is 2.39. The summed E-state index contributed by atoms with van der Waals surface area (Å²) in [6.45, 7) is 1.72. The SMILES string of the molecule is Cc1cccc([N+](=O)[O-])c1Oc1ncccc1N. The Bertz CT molecular complexity index is 599. The minimum Gasteiger partial charge on any atom is -0.429 e. The van der Waals surface area contributed by atoms with Gasteiger partial charge in [-0.2, -0.15) is 0 Å². The summed E-state index contributed by atoms with van der Waals surface area (Å²) in [6.07, 6.45) is 1.51. The van der Waals surface area contributed by atoms with Gasteiger partial charge in [0.25, 0.3) is 0 Å². The summed E-state index contributed by atoms with van der Waals surface area (Å²) in [7, 11) is 0. The van der Waals surface area contributed by atoms with Crippen molar-refractivity contribution in [1.29, 1.82) is 0 Å². The van der Waals surface area contributed by atoms with Gasteiger partial charge in [0.2, 0.25) is 11.6 Å². The van der Waals surface area contributed by atoms with Crippen molar-refractivity contribution >= 4 is 11.4 Å². The molecule has 1 aromatic carbocycles. The van der Waals surface area contributed by atoms with Gasteiger partial charge in [0.1, 0.15) is 0 Å². The van der Waals surface area contributed by atoms with Gasteiger partial charge in [-0.05, 0) is 24.6 Å². The molecule has 6 nitrogen and oxygen atoms in total. The van der Waals surface area contributed by atoms with Crippen molar-refractivity contribution in [3.8, 4) is 11.6 Å². The number of ether oxygens (including phenoxy) is 1. The zero-order valence-electron chi connectivity index (χ0n) is 9.66. The van der Waals surface area contributed by atoms with Crippen LogP contribution in [0.25, 0.3) is 0 Å². The summed E-state index contributed by atoms with van der Waals surface area (Å²) in [6, 6.07) is 7.98. The highest BCUT2D eigenvalue weighted by Crippen LogP contribution is 2.35. The Morgan fingerprint density at radius 3 is 2.78 bits per heavy atom. The van der Waals surface area contributed by atoms with Crippen molar-refractivity contribution in [1.82, 2.24) is 4.98 Å². The monoisotopic (exact) mass is 245 g/mol. The van der Waals surface area contributed by atoms with Crippen molar-refractivity contribution in [3.63, 3.8) is 0 Å². The van der Waals surface area contributed by atoms with Crippen LogP contribution in [0.2, 0.25) is 0 Å². The second kappa shape index (κ2) is 4.70. The number of hydrogen-bond donors (Lipinski definition) is 1. The van der Waals surface area contributed by atoms with E-state index in [0.717, 1.165) is 0 Å². The van der Waals surface area contributed by atoms with Gasteiger partial charge in [0.05, 0.1) is 10.6 Å². The molecule has 0 bridgehead atoms. The number of para-hydroxylation sites is 1. The Balaban J connectivity index is 2.46. The van der Waals surface area contributed by atoms with Gasteiger partial charge in [0, 0.05) is 12.3 Å². The number of benzene rings is 1. The van der Waals surface area contributed by atoms with Gasteiger partial charge in [-0.25, -0.2) is 4.98 Å². The van der Waals surface area contributed by atoms with E-state index in [9.17, 15) is 10.1 Å². The lowest BCUT2D eigenvalue weighted by atomic mass is 10.2. The number of pyridine rings is 1. The molecule has 18 heavy (non-hydrogen) atoms. The second-order valence-electron chi connectivity index (χ2n) is 3.68. The molecular formula is C12H11N3O3. The maximum atomic E-state index is 10.9. The van der Waals surface area contributed by atoms with E-state index >= 15 is 0 Å². The summed E-state index contributed by atoms with van der Waals surface area (Å²) in [4.78, 5) is 14.4. The van der Waals surface area contributed by atoms with Crippen molar-refractivity contribution in [2.75, 3.05) is 5.73 Å². The molecule has 0 radical (unpaired) electrons. The molecule has 0 spiro atoms. The molecule has 0 unspecified atom stereocenters. The number of nitrogen functional groups attached to an aromatic ring is 1. The lowest BCUT2D eigenvalue weighted by molar-refractivity contribution is -0.385. The number of nitrogens with two attached hydrogens (primary N) is 1. The van der Waals surface area contributed by atoms with Crippen LogP contribution in [0.3, 0.4) is 0 Å². The highest BCUT2D eigenvalue weighted by Gasteiger charge is 2.18. The van der Waals surface area contributed by atoms with Crippen LogP contribution in [0.15, 0.2) is 36.5 Å². The second-order valence-corrected chi connectivity index (χ2v) is 3.68. The maximum Gasteiger partial charge on any atom is 0.311 e. The zero-order chi connectivity index (χ0) is 13.1. The molecule has 1 aromatic heterocycles. The molecule has 0 fully saturated rings. The first-order chi connectivity index (χ1) is 8.59. The van der Waals surface area contributed by atoms with Crippen LogP contribution in [-0.4, -0.2) is 9.91 Å². The first kappa shape index (κ1) is 11.8. The van der Waals surface area contributed by atoms with Gasteiger partial charge in [-0.3, -0.25) is 10.1 Å². The summed E-state index contributed by atoms with van der Waals surface area (Å²) in [5.41, 5.74) is 6.55.